The summed E-state index contributed by atoms with van der Waals surface area (Å²) in [5, 5.41) is 0. The average molecular weight is 308 g/mol. The summed E-state index contributed by atoms with van der Waals surface area (Å²) < 4.78 is 1.07. The van der Waals surface area contributed by atoms with Crippen molar-refractivity contribution in [1.82, 2.24) is 9.97 Å². The van der Waals surface area contributed by atoms with Crippen LogP contribution in [0.15, 0.2) is 41.1 Å². The van der Waals surface area contributed by atoms with E-state index in [1.165, 1.54) is 5.56 Å². The van der Waals surface area contributed by atoms with Crippen LogP contribution < -0.4 is 16.2 Å². The normalized spacial score (nSPS) is 10.2. The Kier molecular flexibility index (Phi) is 4.11. The second-order valence-corrected chi connectivity index (χ2v) is 4.81. The summed E-state index contributed by atoms with van der Waals surface area (Å²) >= 11 is 3.46. The van der Waals surface area contributed by atoms with Crippen LogP contribution in [-0.4, -0.2) is 17.0 Å². The maximum Gasteiger partial charge on any atom is 0.160 e. The van der Waals surface area contributed by atoms with Crippen molar-refractivity contribution in [2.75, 3.05) is 17.4 Å². The fourth-order valence-electron chi connectivity index (χ4n) is 1.60. The van der Waals surface area contributed by atoms with Crippen molar-refractivity contribution in [1.29, 1.82) is 0 Å². The molecule has 0 aliphatic heterocycles. The van der Waals surface area contributed by atoms with Gasteiger partial charge in [-0.05, 0) is 17.7 Å². The van der Waals surface area contributed by atoms with Crippen LogP contribution in [0.1, 0.15) is 5.56 Å². The topological polar surface area (TPSA) is 67.1 Å². The van der Waals surface area contributed by atoms with E-state index in [9.17, 15) is 0 Å². The second-order valence-electron chi connectivity index (χ2n) is 3.89. The number of nitrogens with two attached hydrogens (primary N) is 1. The number of hydrazine groups is 1. The van der Waals surface area contributed by atoms with Gasteiger partial charge >= 0.3 is 0 Å². The zero-order valence-electron chi connectivity index (χ0n) is 9.97. The number of rotatable bonds is 4. The number of nitrogen functional groups attached to an aromatic ring is 1. The van der Waals surface area contributed by atoms with Gasteiger partial charge in [-0.25, -0.2) is 10.8 Å². The second kappa shape index (κ2) is 5.79. The molecule has 0 spiro atoms. The third-order valence-electron chi connectivity index (χ3n) is 2.47. The van der Waals surface area contributed by atoms with Gasteiger partial charge in [0.25, 0.3) is 0 Å². The summed E-state index contributed by atoms with van der Waals surface area (Å²) in [5.41, 5.74) is 3.68. The van der Waals surface area contributed by atoms with Crippen LogP contribution in [-0.2, 0) is 6.54 Å². The molecule has 0 unspecified atom stereocenters. The van der Waals surface area contributed by atoms with Gasteiger partial charge in [-0.3, -0.25) is 4.98 Å². The summed E-state index contributed by atoms with van der Waals surface area (Å²) in [6.07, 6.45) is 3.29. The Labute approximate surface area is 114 Å². The first-order valence-corrected chi connectivity index (χ1v) is 6.22. The van der Waals surface area contributed by atoms with Gasteiger partial charge in [-0.2, -0.15) is 0 Å². The highest BCUT2D eigenvalue weighted by Gasteiger charge is 2.05. The maximum atomic E-state index is 5.31. The van der Waals surface area contributed by atoms with Crippen molar-refractivity contribution >= 4 is 27.6 Å². The molecule has 0 bridgehead atoms. The SMILES string of the molecule is CN(Cc1cccc(Br)c1)c1cncc(NN)n1. The van der Waals surface area contributed by atoms with Gasteiger partial charge in [0.1, 0.15) is 5.82 Å². The Balaban J connectivity index is 2.13. The summed E-state index contributed by atoms with van der Waals surface area (Å²) in [7, 11) is 1.96. The number of halogens is 1. The van der Waals surface area contributed by atoms with E-state index in [2.05, 4.69) is 43.5 Å². The molecule has 0 atom stereocenters. The molecule has 5 nitrogen and oxygen atoms in total. The molecule has 2 aromatic rings. The fourth-order valence-corrected chi connectivity index (χ4v) is 2.05. The predicted molar refractivity (Wildman–Crippen MR) is 76.1 cm³/mol. The fraction of sp³-hybridized carbons (Fsp3) is 0.167. The van der Waals surface area contributed by atoms with Crippen molar-refractivity contribution < 1.29 is 0 Å². The quantitative estimate of drug-likeness (QED) is 0.669. The van der Waals surface area contributed by atoms with Crippen LogP contribution in [0, 0.1) is 0 Å². The van der Waals surface area contributed by atoms with Gasteiger partial charge in [0.15, 0.2) is 5.82 Å². The largest absolute Gasteiger partial charge is 0.354 e. The van der Waals surface area contributed by atoms with Crippen molar-refractivity contribution in [2.45, 2.75) is 6.54 Å². The number of hydrogen-bond acceptors (Lipinski definition) is 5. The molecule has 2 rings (SSSR count). The Morgan fingerprint density at radius 3 is 2.94 bits per heavy atom. The molecule has 6 heteroatoms. The molecule has 3 N–H and O–H groups in total. The van der Waals surface area contributed by atoms with Gasteiger partial charge in [0.2, 0.25) is 0 Å². The number of nitrogens with one attached hydrogen (secondary N) is 1. The molecular formula is C12H14BrN5. The lowest BCUT2D eigenvalue weighted by Crippen LogP contribution is -2.19. The molecule has 0 saturated carbocycles. The molecule has 0 amide bonds. The van der Waals surface area contributed by atoms with Crippen molar-refractivity contribution in [3.63, 3.8) is 0 Å². The van der Waals surface area contributed by atoms with E-state index >= 15 is 0 Å². The molecule has 0 saturated heterocycles. The Bertz CT molecular complexity index is 531. The summed E-state index contributed by atoms with van der Waals surface area (Å²) in [4.78, 5) is 10.4. The number of anilines is 2. The van der Waals surface area contributed by atoms with Gasteiger partial charge in [0.05, 0.1) is 12.4 Å². The molecule has 0 aliphatic rings. The van der Waals surface area contributed by atoms with Crippen LogP contribution in [0.4, 0.5) is 11.6 Å². The third-order valence-corrected chi connectivity index (χ3v) is 2.96. The molecule has 0 radical (unpaired) electrons. The standard InChI is InChI=1S/C12H14BrN5/c1-18(8-9-3-2-4-10(13)5-9)12-7-15-6-11(16-12)17-14/h2-7H,8,14H2,1H3,(H,16,17). The predicted octanol–water partition coefficient (Wildman–Crippen LogP) is 2.16. The zero-order chi connectivity index (χ0) is 13.0. The van der Waals surface area contributed by atoms with Gasteiger partial charge in [-0.1, -0.05) is 28.1 Å². The van der Waals surface area contributed by atoms with E-state index in [1.54, 1.807) is 12.4 Å². The van der Waals surface area contributed by atoms with E-state index in [-0.39, 0.29) is 0 Å². The highest BCUT2D eigenvalue weighted by atomic mass is 79.9. The molecule has 0 fully saturated rings. The van der Waals surface area contributed by atoms with E-state index in [4.69, 9.17) is 5.84 Å². The van der Waals surface area contributed by atoms with Gasteiger partial charge in [0, 0.05) is 18.1 Å². The van der Waals surface area contributed by atoms with Gasteiger partial charge < -0.3 is 10.3 Å². The molecule has 18 heavy (non-hydrogen) atoms. The number of benzene rings is 1. The maximum absolute atomic E-state index is 5.31. The monoisotopic (exact) mass is 307 g/mol. The van der Waals surface area contributed by atoms with Crippen LogP contribution in [0.2, 0.25) is 0 Å². The van der Waals surface area contributed by atoms with E-state index in [0.717, 1.165) is 16.8 Å². The van der Waals surface area contributed by atoms with Gasteiger partial charge in [-0.15, -0.1) is 0 Å². The van der Waals surface area contributed by atoms with Crippen molar-refractivity contribution in [3.05, 3.63) is 46.7 Å². The molecule has 1 heterocycles. The third kappa shape index (κ3) is 3.18. The number of hydrogen-bond donors (Lipinski definition) is 2. The average Bonchev–Trinajstić information content (AvgIpc) is 2.39. The van der Waals surface area contributed by atoms with E-state index in [1.807, 2.05) is 24.1 Å². The summed E-state index contributed by atoms with van der Waals surface area (Å²) in [6.45, 7) is 0.752. The molecule has 1 aromatic carbocycles. The zero-order valence-corrected chi connectivity index (χ0v) is 11.6. The molecule has 94 valence electrons. The lowest BCUT2D eigenvalue weighted by Gasteiger charge is -2.18. The van der Waals surface area contributed by atoms with Crippen LogP contribution in [0.3, 0.4) is 0 Å². The van der Waals surface area contributed by atoms with E-state index in [0.29, 0.717) is 5.82 Å². The molecule has 1 aromatic heterocycles. The number of nitrogens with zero attached hydrogens (tertiary/aromatic N) is 3. The Morgan fingerprint density at radius 1 is 1.39 bits per heavy atom. The Morgan fingerprint density at radius 2 is 2.22 bits per heavy atom. The van der Waals surface area contributed by atoms with Crippen LogP contribution in [0.25, 0.3) is 0 Å². The lowest BCUT2D eigenvalue weighted by atomic mass is 10.2. The van der Waals surface area contributed by atoms with Crippen molar-refractivity contribution in [3.8, 4) is 0 Å². The van der Waals surface area contributed by atoms with Crippen LogP contribution in [0.5, 0.6) is 0 Å². The highest BCUT2D eigenvalue weighted by molar-refractivity contribution is 9.10. The minimum atomic E-state index is 0.550. The summed E-state index contributed by atoms with van der Waals surface area (Å²) in [5.74, 6) is 6.63. The van der Waals surface area contributed by atoms with Crippen molar-refractivity contribution in [2.24, 2.45) is 5.84 Å². The lowest BCUT2D eigenvalue weighted by molar-refractivity contribution is 0.889. The Hall–Kier alpha value is -1.66. The molecular weight excluding hydrogens is 294 g/mol. The minimum absolute atomic E-state index is 0.550. The first kappa shape index (κ1) is 12.8. The first-order valence-electron chi connectivity index (χ1n) is 5.43. The minimum Gasteiger partial charge on any atom is -0.354 e. The highest BCUT2D eigenvalue weighted by Crippen LogP contribution is 2.16. The van der Waals surface area contributed by atoms with E-state index < -0.39 is 0 Å². The first-order chi connectivity index (χ1) is 8.69. The summed E-state index contributed by atoms with van der Waals surface area (Å²) in [6, 6.07) is 8.16. The van der Waals surface area contributed by atoms with Crippen LogP contribution >= 0.6 is 15.9 Å². The molecule has 0 aliphatic carbocycles. The smallest absolute Gasteiger partial charge is 0.160 e. The number of aromatic nitrogens is 2.